The smallest absolute Gasteiger partial charge is 0.272 e. The lowest BCUT2D eigenvalue weighted by Crippen LogP contribution is -2.41. The molecule has 0 radical (unpaired) electrons. The lowest BCUT2D eigenvalue weighted by atomic mass is 9.93. The summed E-state index contributed by atoms with van der Waals surface area (Å²) in [4.78, 5) is 38.4. The van der Waals surface area contributed by atoms with Crippen LogP contribution in [-0.2, 0) is 19.5 Å². The van der Waals surface area contributed by atoms with Gasteiger partial charge in [-0.25, -0.2) is 4.98 Å². The van der Waals surface area contributed by atoms with Crippen molar-refractivity contribution in [2.75, 3.05) is 13.1 Å². The van der Waals surface area contributed by atoms with E-state index in [-0.39, 0.29) is 17.5 Å². The Kier molecular flexibility index (Phi) is 5.65. The predicted molar refractivity (Wildman–Crippen MR) is 117 cm³/mol. The summed E-state index contributed by atoms with van der Waals surface area (Å²) in [6.45, 7) is 4.59. The van der Waals surface area contributed by atoms with Crippen LogP contribution < -0.4 is 5.56 Å². The van der Waals surface area contributed by atoms with Crippen molar-refractivity contribution < 1.29 is 4.79 Å². The van der Waals surface area contributed by atoms with Gasteiger partial charge in [0.15, 0.2) is 0 Å². The zero-order valence-electron chi connectivity index (χ0n) is 18.3. The first-order valence-corrected chi connectivity index (χ1v) is 11.8. The molecule has 5 rings (SSSR count). The van der Waals surface area contributed by atoms with Crippen molar-refractivity contribution in [3.63, 3.8) is 0 Å². The van der Waals surface area contributed by atoms with E-state index in [1.54, 1.807) is 21.8 Å². The largest absolute Gasteiger partial charge is 0.332 e. The maximum absolute atomic E-state index is 13.0. The Labute approximate surface area is 182 Å². The van der Waals surface area contributed by atoms with Crippen LogP contribution in [-0.4, -0.2) is 54.6 Å². The molecule has 166 valence electrons. The molecule has 0 aromatic carbocycles. The number of likely N-dealkylation sites (tertiary alicyclic amines) is 1. The van der Waals surface area contributed by atoms with Crippen LogP contribution in [0.5, 0.6) is 0 Å². The fourth-order valence-electron chi connectivity index (χ4n) is 5.64. The van der Waals surface area contributed by atoms with Gasteiger partial charge in [-0.1, -0.05) is 19.3 Å². The number of carbonyl (C=O) groups is 1. The molecule has 8 nitrogen and oxygen atoms in total. The molecule has 2 fully saturated rings. The molecule has 31 heavy (non-hydrogen) atoms. The van der Waals surface area contributed by atoms with Crippen LogP contribution in [0.4, 0.5) is 0 Å². The molecule has 1 amide bonds. The van der Waals surface area contributed by atoms with Gasteiger partial charge in [0.25, 0.3) is 11.5 Å². The summed E-state index contributed by atoms with van der Waals surface area (Å²) in [5, 5.41) is 4.20. The van der Waals surface area contributed by atoms with Crippen LogP contribution in [0.1, 0.15) is 85.5 Å². The van der Waals surface area contributed by atoms with E-state index in [4.69, 9.17) is 4.98 Å². The van der Waals surface area contributed by atoms with Gasteiger partial charge in [-0.15, -0.1) is 0 Å². The van der Waals surface area contributed by atoms with Crippen molar-refractivity contribution in [1.29, 1.82) is 0 Å². The second-order valence-corrected chi connectivity index (χ2v) is 9.07. The van der Waals surface area contributed by atoms with Gasteiger partial charge in [0.05, 0.1) is 23.8 Å². The number of nitrogens with zero attached hydrogens (tertiary/aromatic N) is 5. The Morgan fingerprint density at radius 3 is 2.81 bits per heavy atom. The quantitative estimate of drug-likeness (QED) is 0.815. The van der Waals surface area contributed by atoms with E-state index in [0.29, 0.717) is 43.4 Å². The van der Waals surface area contributed by atoms with Gasteiger partial charge in [0, 0.05) is 31.7 Å². The first kappa shape index (κ1) is 20.4. The van der Waals surface area contributed by atoms with Gasteiger partial charge in [-0.05, 0) is 45.2 Å². The first-order chi connectivity index (χ1) is 15.2. The van der Waals surface area contributed by atoms with Gasteiger partial charge in [0.1, 0.15) is 11.5 Å². The standard InChI is InChI=1S/C23H32N6O2/c1-2-29-20(10-12-24-29)23(31)27-14-11-18-17(15-27)22(30)26-21(25-18)19-9-6-13-28(19)16-7-4-3-5-8-16/h10,12,16,19H,2-9,11,13-15H2,1H3,(H,25,26,30)/t19-/m0/s1. The Morgan fingerprint density at radius 1 is 1.16 bits per heavy atom. The Hall–Kier alpha value is -2.48. The molecule has 0 unspecified atom stereocenters. The zero-order valence-corrected chi connectivity index (χ0v) is 18.3. The third-order valence-electron chi connectivity index (χ3n) is 7.26. The highest BCUT2D eigenvalue weighted by Gasteiger charge is 2.35. The maximum atomic E-state index is 13.0. The SMILES string of the molecule is CCn1nccc1C(=O)N1CCc2nc([C@@H]3CCCN3C3CCCCC3)[nH]c(=O)c2C1. The minimum absolute atomic E-state index is 0.0762. The van der Waals surface area contributed by atoms with E-state index in [9.17, 15) is 9.59 Å². The number of fused-ring (bicyclic) bond motifs is 1. The van der Waals surface area contributed by atoms with Gasteiger partial charge in [-0.3, -0.25) is 19.2 Å². The van der Waals surface area contributed by atoms with Gasteiger partial charge >= 0.3 is 0 Å². The molecule has 3 aliphatic rings. The number of nitrogens with one attached hydrogen (secondary N) is 1. The van der Waals surface area contributed by atoms with E-state index in [1.807, 2.05) is 6.92 Å². The van der Waals surface area contributed by atoms with Crippen LogP contribution in [0.3, 0.4) is 0 Å². The molecule has 1 aliphatic carbocycles. The summed E-state index contributed by atoms with van der Waals surface area (Å²) in [5.41, 5.74) is 1.98. The lowest BCUT2D eigenvalue weighted by molar-refractivity contribution is 0.0719. The summed E-state index contributed by atoms with van der Waals surface area (Å²) in [6.07, 6.45) is 11.0. The average molecular weight is 425 g/mol. The molecule has 8 heteroatoms. The van der Waals surface area contributed by atoms with Crippen LogP contribution >= 0.6 is 0 Å². The molecule has 1 atom stereocenters. The topological polar surface area (TPSA) is 87.1 Å². The third kappa shape index (κ3) is 3.82. The fourth-order valence-corrected chi connectivity index (χ4v) is 5.64. The molecule has 0 bridgehead atoms. The normalized spacial score (nSPS) is 22.6. The van der Waals surface area contributed by atoms with Gasteiger partial charge in [-0.2, -0.15) is 5.10 Å². The highest BCUT2D eigenvalue weighted by Crippen LogP contribution is 2.36. The monoisotopic (exact) mass is 424 g/mol. The van der Waals surface area contributed by atoms with Crippen molar-refractivity contribution in [1.82, 2.24) is 29.5 Å². The van der Waals surface area contributed by atoms with E-state index < -0.39 is 0 Å². The van der Waals surface area contributed by atoms with Crippen molar-refractivity contribution in [3.8, 4) is 0 Å². The third-order valence-corrected chi connectivity index (χ3v) is 7.26. The molecule has 0 spiro atoms. The molecular weight excluding hydrogens is 392 g/mol. The number of rotatable bonds is 4. The molecule has 1 saturated heterocycles. The molecule has 1 saturated carbocycles. The van der Waals surface area contributed by atoms with Crippen LogP contribution in [0.2, 0.25) is 0 Å². The molecule has 2 aromatic heterocycles. The number of carbonyl (C=O) groups excluding carboxylic acids is 1. The Balaban J connectivity index is 1.37. The number of amides is 1. The summed E-state index contributed by atoms with van der Waals surface area (Å²) in [5.74, 6) is 0.753. The van der Waals surface area contributed by atoms with E-state index in [0.717, 1.165) is 30.9 Å². The van der Waals surface area contributed by atoms with Crippen molar-refractivity contribution in [2.24, 2.45) is 0 Å². The number of aromatic amines is 1. The number of H-pyrrole nitrogens is 1. The zero-order chi connectivity index (χ0) is 21.4. The molecule has 2 aliphatic heterocycles. The number of hydrogen-bond acceptors (Lipinski definition) is 5. The number of aromatic nitrogens is 4. The second-order valence-electron chi connectivity index (χ2n) is 9.07. The van der Waals surface area contributed by atoms with Crippen LogP contribution in [0.15, 0.2) is 17.1 Å². The van der Waals surface area contributed by atoms with Crippen molar-refractivity contribution >= 4 is 5.91 Å². The summed E-state index contributed by atoms with van der Waals surface area (Å²) < 4.78 is 1.70. The first-order valence-electron chi connectivity index (χ1n) is 11.8. The van der Waals surface area contributed by atoms with Gasteiger partial charge in [0.2, 0.25) is 0 Å². The minimum Gasteiger partial charge on any atom is -0.332 e. The minimum atomic E-state index is -0.0861. The molecule has 4 heterocycles. The highest BCUT2D eigenvalue weighted by molar-refractivity contribution is 5.92. The Morgan fingerprint density at radius 2 is 2.00 bits per heavy atom. The van der Waals surface area contributed by atoms with E-state index in [1.165, 1.54) is 32.1 Å². The number of aryl methyl sites for hydroxylation is 1. The van der Waals surface area contributed by atoms with Crippen molar-refractivity contribution in [3.05, 3.63) is 45.4 Å². The Bertz CT molecular complexity index is 1010. The average Bonchev–Trinajstić information content (AvgIpc) is 3.48. The van der Waals surface area contributed by atoms with Crippen molar-refractivity contribution in [2.45, 2.75) is 83.5 Å². The molecule has 2 aromatic rings. The molecular formula is C23H32N6O2. The summed E-state index contributed by atoms with van der Waals surface area (Å²) in [6, 6.07) is 2.59. The van der Waals surface area contributed by atoms with E-state index in [2.05, 4.69) is 15.0 Å². The van der Waals surface area contributed by atoms with Crippen LogP contribution in [0, 0.1) is 0 Å². The summed E-state index contributed by atoms with van der Waals surface area (Å²) >= 11 is 0. The highest BCUT2D eigenvalue weighted by atomic mass is 16.2. The maximum Gasteiger partial charge on any atom is 0.272 e. The fraction of sp³-hybridized carbons (Fsp3) is 0.652. The predicted octanol–water partition coefficient (Wildman–Crippen LogP) is 2.65. The number of hydrogen-bond donors (Lipinski definition) is 1. The second kappa shape index (κ2) is 8.57. The van der Waals surface area contributed by atoms with Gasteiger partial charge < -0.3 is 9.88 Å². The summed E-state index contributed by atoms with van der Waals surface area (Å²) in [7, 11) is 0. The van der Waals surface area contributed by atoms with E-state index >= 15 is 0 Å². The lowest BCUT2D eigenvalue weighted by Gasteiger charge is -2.35. The molecule has 1 N–H and O–H groups in total. The van der Waals surface area contributed by atoms with Crippen LogP contribution in [0.25, 0.3) is 0 Å².